The number of amides is 1. The van der Waals surface area contributed by atoms with Crippen molar-refractivity contribution >= 4 is 12.1 Å². The second-order valence-corrected chi connectivity index (χ2v) is 6.31. The third-order valence-electron chi connectivity index (χ3n) is 3.12. The second kappa shape index (κ2) is 7.16. The molecule has 0 aliphatic rings. The lowest BCUT2D eigenvalue weighted by Crippen LogP contribution is -2.45. The molecule has 0 saturated heterocycles. The molecule has 7 heteroatoms. The SMILES string of the molecule is CC(C)(C)OC(=O)NC(Cc1ccnn1-c1ccccc1)C(=O)O. The molecule has 1 atom stereocenters. The first-order chi connectivity index (χ1) is 11.3. The molecule has 2 aromatic rings. The van der Waals surface area contributed by atoms with Crippen molar-refractivity contribution in [2.24, 2.45) is 0 Å². The van der Waals surface area contributed by atoms with Crippen LogP contribution in [0.3, 0.4) is 0 Å². The van der Waals surface area contributed by atoms with Gasteiger partial charge in [-0.1, -0.05) is 18.2 Å². The topological polar surface area (TPSA) is 93.5 Å². The third-order valence-corrected chi connectivity index (χ3v) is 3.12. The van der Waals surface area contributed by atoms with Gasteiger partial charge in [-0.25, -0.2) is 14.3 Å². The molecule has 0 fully saturated rings. The number of alkyl carbamates (subject to hydrolysis) is 1. The molecule has 2 rings (SSSR count). The summed E-state index contributed by atoms with van der Waals surface area (Å²) in [6.07, 6.45) is 0.915. The predicted molar refractivity (Wildman–Crippen MR) is 88.1 cm³/mol. The second-order valence-electron chi connectivity index (χ2n) is 6.31. The number of ether oxygens (including phenoxy) is 1. The van der Waals surface area contributed by atoms with Crippen LogP contribution in [-0.4, -0.2) is 38.6 Å². The Morgan fingerprint density at radius 1 is 1.25 bits per heavy atom. The van der Waals surface area contributed by atoms with E-state index in [9.17, 15) is 14.7 Å². The van der Waals surface area contributed by atoms with Crippen LogP contribution in [0.15, 0.2) is 42.6 Å². The fraction of sp³-hybridized carbons (Fsp3) is 0.353. The van der Waals surface area contributed by atoms with Crippen molar-refractivity contribution in [3.63, 3.8) is 0 Å². The average Bonchev–Trinajstić information content (AvgIpc) is 2.93. The molecule has 7 nitrogen and oxygen atoms in total. The quantitative estimate of drug-likeness (QED) is 0.877. The first-order valence-corrected chi connectivity index (χ1v) is 7.57. The number of carboxylic acid groups (broad SMARTS) is 1. The first-order valence-electron chi connectivity index (χ1n) is 7.57. The van der Waals surface area contributed by atoms with Crippen LogP contribution < -0.4 is 5.32 Å². The first kappa shape index (κ1) is 17.5. The van der Waals surface area contributed by atoms with Gasteiger partial charge in [-0.2, -0.15) is 5.10 Å². The maximum atomic E-state index is 11.8. The molecule has 0 aliphatic heterocycles. The van der Waals surface area contributed by atoms with E-state index in [0.29, 0.717) is 5.69 Å². The van der Waals surface area contributed by atoms with Crippen LogP contribution in [0.5, 0.6) is 0 Å². The van der Waals surface area contributed by atoms with E-state index in [2.05, 4.69) is 10.4 Å². The number of nitrogens with one attached hydrogen (secondary N) is 1. The Kier molecular flexibility index (Phi) is 5.23. The van der Waals surface area contributed by atoms with Crippen molar-refractivity contribution < 1.29 is 19.4 Å². The number of benzene rings is 1. The van der Waals surface area contributed by atoms with E-state index in [0.717, 1.165) is 5.69 Å². The fourth-order valence-electron chi connectivity index (χ4n) is 2.15. The van der Waals surface area contributed by atoms with Gasteiger partial charge in [0.25, 0.3) is 0 Å². The number of rotatable bonds is 5. The minimum atomic E-state index is -1.14. The number of para-hydroxylation sites is 1. The molecule has 1 heterocycles. The van der Waals surface area contributed by atoms with Gasteiger partial charge in [0.15, 0.2) is 0 Å². The van der Waals surface area contributed by atoms with Crippen LogP contribution in [0, 0.1) is 0 Å². The van der Waals surface area contributed by atoms with Gasteiger partial charge in [-0.15, -0.1) is 0 Å². The highest BCUT2D eigenvalue weighted by molar-refractivity contribution is 5.80. The molecule has 0 aliphatic carbocycles. The Morgan fingerprint density at radius 2 is 1.92 bits per heavy atom. The maximum Gasteiger partial charge on any atom is 0.408 e. The van der Waals surface area contributed by atoms with Gasteiger partial charge in [-0.05, 0) is 39.0 Å². The van der Waals surface area contributed by atoms with Gasteiger partial charge in [-0.3, -0.25) is 0 Å². The highest BCUT2D eigenvalue weighted by atomic mass is 16.6. The van der Waals surface area contributed by atoms with Crippen molar-refractivity contribution in [2.75, 3.05) is 0 Å². The number of carboxylic acids is 1. The number of hydrogen-bond acceptors (Lipinski definition) is 4. The van der Waals surface area contributed by atoms with Crippen molar-refractivity contribution in [3.05, 3.63) is 48.3 Å². The molecule has 2 N–H and O–H groups in total. The zero-order valence-electron chi connectivity index (χ0n) is 13.9. The van der Waals surface area contributed by atoms with Crippen molar-refractivity contribution in [2.45, 2.75) is 38.8 Å². The molecule has 128 valence electrons. The highest BCUT2D eigenvalue weighted by Gasteiger charge is 2.25. The number of aromatic nitrogens is 2. The maximum absolute atomic E-state index is 11.8. The molecule has 0 radical (unpaired) electrons. The lowest BCUT2D eigenvalue weighted by Gasteiger charge is -2.22. The van der Waals surface area contributed by atoms with E-state index in [1.165, 1.54) is 0 Å². The van der Waals surface area contributed by atoms with E-state index in [1.54, 1.807) is 37.7 Å². The summed E-state index contributed by atoms with van der Waals surface area (Å²) in [7, 11) is 0. The molecule has 24 heavy (non-hydrogen) atoms. The smallest absolute Gasteiger partial charge is 0.408 e. The lowest BCUT2D eigenvalue weighted by atomic mass is 10.1. The third kappa shape index (κ3) is 4.84. The molecule has 1 amide bonds. The van der Waals surface area contributed by atoms with Gasteiger partial charge in [0.1, 0.15) is 11.6 Å². The zero-order valence-corrected chi connectivity index (χ0v) is 13.9. The summed E-state index contributed by atoms with van der Waals surface area (Å²) >= 11 is 0. The number of nitrogens with zero attached hydrogens (tertiary/aromatic N) is 2. The summed E-state index contributed by atoms with van der Waals surface area (Å²) in [6.45, 7) is 5.15. The summed E-state index contributed by atoms with van der Waals surface area (Å²) in [4.78, 5) is 23.3. The molecule has 0 bridgehead atoms. The van der Waals surface area contributed by atoms with E-state index in [1.807, 2.05) is 30.3 Å². The van der Waals surface area contributed by atoms with Gasteiger partial charge >= 0.3 is 12.1 Å². The standard InChI is InChI=1S/C17H21N3O4/c1-17(2,3)24-16(23)19-14(15(21)22)11-13-9-10-18-20(13)12-7-5-4-6-8-12/h4-10,14H,11H2,1-3H3,(H,19,23)(H,21,22). The van der Waals surface area contributed by atoms with Gasteiger partial charge in [0.2, 0.25) is 0 Å². The molecule has 1 unspecified atom stereocenters. The fourth-order valence-corrected chi connectivity index (χ4v) is 2.15. The van der Waals surface area contributed by atoms with E-state index in [4.69, 9.17) is 4.74 Å². The Bertz CT molecular complexity index is 704. The van der Waals surface area contributed by atoms with Crippen molar-refractivity contribution in [1.82, 2.24) is 15.1 Å². The number of aliphatic carboxylic acids is 1. The van der Waals surface area contributed by atoms with Crippen LogP contribution in [-0.2, 0) is 16.0 Å². The predicted octanol–water partition coefficient (Wildman–Crippen LogP) is 2.39. The molecule has 0 saturated carbocycles. The minimum Gasteiger partial charge on any atom is -0.480 e. The Balaban J connectivity index is 2.14. The number of hydrogen-bond donors (Lipinski definition) is 2. The lowest BCUT2D eigenvalue weighted by molar-refractivity contribution is -0.139. The van der Waals surface area contributed by atoms with Crippen LogP contribution >= 0.6 is 0 Å². The Labute approximate surface area is 140 Å². The molecule has 1 aromatic carbocycles. The number of carbonyl (C=O) groups excluding carboxylic acids is 1. The van der Waals surface area contributed by atoms with E-state index in [-0.39, 0.29) is 6.42 Å². The average molecular weight is 331 g/mol. The minimum absolute atomic E-state index is 0.0868. The van der Waals surface area contributed by atoms with Crippen LogP contribution in [0.25, 0.3) is 5.69 Å². The summed E-state index contributed by atoms with van der Waals surface area (Å²) in [5.74, 6) is -1.14. The van der Waals surface area contributed by atoms with Crippen LogP contribution in [0.2, 0.25) is 0 Å². The Hall–Kier alpha value is -2.83. The van der Waals surface area contributed by atoms with E-state index < -0.39 is 23.7 Å². The molecule has 0 spiro atoms. The summed E-state index contributed by atoms with van der Waals surface area (Å²) in [6, 6.07) is 9.97. The van der Waals surface area contributed by atoms with Gasteiger partial charge in [0, 0.05) is 18.3 Å². The highest BCUT2D eigenvalue weighted by Crippen LogP contribution is 2.13. The van der Waals surface area contributed by atoms with Gasteiger partial charge < -0.3 is 15.2 Å². The van der Waals surface area contributed by atoms with Crippen molar-refractivity contribution in [1.29, 1.82) is 0 Å². The summed E-state index contributed by atoms with van der Waals surface area (Å²) in [5, 5.41) is 16.0. The van der Waals surface area contributed by atoms with Gasteiger partial charge in [0.05, 0.1) is 5.69 Å². The molecular weight excluding hydrogens is 310 g/mol. The van der Waals surface area contributed by atoms with Crippen molar-refractivity contribution in [3.8, 4) is 5.69 Å². The van der Waals surface area contributed by atoms with Crippen LogP contribution in [0.1, 0.15) is 26.5 Å². The molecule has 1 aromatic heterocycles. The van der Waals surface area contributed by atoms with Crippen LogP contribution in [0.4, 0.5) is 4.79 Å². The van der Waals surface area contributed by atoms with E-state index >= 15 is 0 Å². The largest absolute Gasteiger partial charge is 0.480 e. The Morgan fingerprint density at radius 3 is 2.50 bits per heavy atom. The summed E-state index contributed by atoms with van der Waals surface area (Å²) < 4.78 is 6.76. The monoisotopic (exact) mass is 331 g/mol. The zero-order chi connectivity index (χ0) is 17.7. The number of carbonyl (C=O) groups is 2. The normalized spacial score (nSPS) is 12.5. The summed E-state index contributed by atoms with van der Waals surface area (Å²) in [5.41, 5.74) is 0.794. The molecular formula is C17H21N3O4.